The topological polar surface area (TPSA) is 58.9 Å². The van der Waals surface area contributed by atoms with Crippen molar-refractivity contribution in [3.05, 3.63) is 65.1 Å². The Morgan fingerprint density at radius 3 is 2.89 bits per heavy atom. The van der Waals surface area contributed by atoms with Gasteiger partial charge < -0.3 is 19.4 Å². The summed E-state index contributed by atoms with van der Waals surface area (Å²) in [6.07, 6.45) is 2.47. The van der Waals surface area contributed by atoms with Gasteiger partial charge in [-0.05, 0) is 38.7 Å². The maximum atomic E-state index is 12.5. The summed E-state index contributed by atoms with van der Waals surface area (Å²) in [6, 6.07) is 12.1. The van der Waals surface area contributed by atoms with Gasteiger partial charge in [-0.25, -0.2) is 4.98 Å². The van der Waals surface area contributed by atoms with Crippen LogP contribution in [0.1, 0.15) is 34.9 Å². The van der Waals surface area contributed by atoms with Gasteiger partial charge >= 0.3 is 0 Å². The van der Waals surface area contributed by atoms with E-state index < -0.39 is 0 Å². The number of hydrogen-bond donors (Lipinski definition) is 1. The van der Waals surface area contributed by atoms with E-state index in [1.807, 2.05) is 38.4 Å². The van der Waals surface area contributed by atoms with Gasteiger partial charge in [0.25, 0.3) is 0 Å². The number of amides is 1. The maximum absolute atomic E-state index is 12.5. The van der Waals surface area contributed by atoms with E-state index in [0.29, 0.717) is 19.6 Å². The Morgan fingerprint density at radius 2 is 2.07 bits per heavy atom. The highest BCUT2D eigenvalue weighted by atomic mass is 16.5. The first-order valence-corrected chi connectivity index (χ1v) is 9.63. The van der Waals surface area contributed by atoms with Crippen molar-refractivity contribution in [1.82, 2.24) is 19.6 Å². The highest BCUT2D eigenvalue weighted by Crippen LogP contribution is 2.37. The molecule has 0 spiro atoms. The van der Waals surface area contributed by atoms with Gasteiger partial charge in [-0.1, -0.05) is 24.3 Å². The minimum absolute atomic E-state index is 0.0347. The molecule has 0 radical (unpaired) electrons. The zero-order valence-electron chi connectivity index (χ0n) is 16.6. The van der Waals surface area contributed by atoms with Gasteiger partial charge in [-0.2, -0.15) is 0 Å². The molecule has 0 aliphatic carbocycles. The molecule has 0 saturated heterocycles. The molecule has 3 heterocycles. The summed E-state index contributed by atoms with van der Waals surface area (Å²) in [5.41, 5.74) is 5.08. The van der Waals surface area contributed by atoms with Crippen molar-refractivity contribution in [2.75, 3.05) is 27.2 Å². The second kappa shape index (κ2) is 7.64. The van der Waals surface area contributed by atoms with E-state index >= 15 is 0 Å². The summed E-state index contributed by atoms with van der Waals surface area (Å²) in [6.45, 7) is 3.95. The Bertz CT molecular complexity index is 1010. The lowest BCUT2D eigenvalue weighted by atomic mass is 9.91. The molecular weight excluding hydrogens is 352 g/mol. The van der Waals surface area contributed by atoms with Gasteiger partial charge in [0.1, 0.15) is 18.0 Å². The number of benzene rings is 1. The van der Waals surface area contributed by atoms with Crippen LogP contribution in [-0.2, 0) is 11.3 Å². The summed E-state index contributed by atoms with van der Waals surface area (Å²) in [7, 11) is 4.05. The maximum Gasteiger partial charge on any atom is 0.221 e. The molecule has 0 saturated carbocycles. The number of pyridine rings is 1. The van der Waals surface area contributed by atoms with Crippen molar-refractivity contribution in [1.29, 1.82) is 0 Å². The Morgan fingerprint density at radius 1 is 1.25 bits per heavy atom. The molecule has 0 fully saturated rings. The second-order valence-corrected chi connectivity index (χ2v) is 7.60. The number of imidazole rings is 1. The number of para-hydroxylation sites is 1. The molecule has 146 valence electrons. The quantitative estimate of drug-likeness (QED) is 0.742. The van der Waals surface area contributed by atoms with Crippen molar-refractivity contribution < 1.29 is 9.53 Å². The summed E-state index contributed by atoms with van der Waals surface area (Å²) in [5.74, 6) is 0.759. The smallest absolute Gasteiger partial charge is 0.221 e. The van der Waals surface area contributed by atoms with Crippen LogP contribution in [0.25, 0.3) is 5.65 Å². The van der Waals surface area contributed by atoms with E-state index in [1.54, 1.807) is 0 Å². The third-order valence-electron chi connectivity index (χ3n) is 5.14. The Balaban J connectivity index is 1.81. The molecule has 3 aromatic rings. The third-order valence-corrected chi connectivity index (χ3v) is 5.14. The highest BCUT2D eigenvalue weighted by Gasteiger charge is 2.30. The number of aromatic nitrogens is 2. The first kappa shape index (κ1) is 18.5. The average Bonchev–Trinajstić information content (AvgIpc) is 2.93. The number of carbonyl (C=O) groups is 1. The summed E-state index contributed by atoms with van der Waals surface area (Å²) >= 11 is 0. The van der Waals surface area contributed by atoms with Gasteiger partial charge in [0.2, 0.25) is 5.91 Å². The SMILES string of the molecule is Cc1ccc2nc3c(n2c1)C(c1ccccc1OCCN(C)C)CC(=O)NC3. The molecule has 1 N–H and O–H groups in total. The third kappa shape index (κ3) is 3.60. The van der Waals surface area contributed by atoms with E-state index in [2.05, 4.69) is 39.9 Å². The number of rotatable bonds is 5. The van der Waals surface area contributed by atoms with Crippen molar-refractivity contribution in [2.24, 2.45) is 0 Å². The number of likely N-dealkylation sites (N-methyl/N-ethyl adjacent to an activating group) is 1. The minimum atomic E-state index is -0.107. The normalized spacial score (nSPS) is 16.7. The number of hydrogen-bond acceptors (Lipinski definition) is 4. The fraction of sp³-hybridized carbons (Fsp3) is 0.364. The number of nitrogens with one attached hydrogen (secondary N) is 1. The number of carbonyl (C=O) groups excluding carboxylic acids is 1. The Labute approximate surface area is 165 Å². The van der Waals surface area contributed by atoms with Crippen LogP contribution in [-0.4, -0.2) is 47.4 Å². The Hall–Kier alpha value is -2.86. The first-order chi connectivity index (χ1) is 13.5. The predicted octanol–water partition coefficient (Wildman–Crippen LogP) is 2.73. The molecule has 1 amide bonds. The molecule has 28 heavy (non-hydrogen) atoms. The average molecular weight is 378 g/mol. The monoisotopic (exact) mass is 378 g/mol. The number of ether oxygens (including phenoxy) is 1. The van der Waals surface area contributed by atoms with Crippen LogP contribution < -0.4 is 10.1 Å². The van der Waals surface area contributed by atoms with Crippen LogP contribution in [0.3, 0.4) is 0 Å². The molecule has 0 bridgehead atoms. The van der Waals surface area contributed by atoms with Crippen LogP contribution in [0.5, 0.6) is 5.75 Å². The molecule has 2 aromatic heterocycles. The molecule has 6 nitrogen and oxygen atoms in total. The standard InChI is InChI=1S/C22H26N4O2/c1-15-8-9-20-24-18-13-23-21(27)12-17(22(18)26(20)14-15)16-6-4-5-7-19(16)28-11-10-25(2)3/h4-9,14,17H,10-13H2,1-3H3,(H,23,27). The van der Waals surface area contributed by atoms with E-state index in [9.17, 15) is 4.79 Å². The van der Waals surface area contributed by atoms with E-state index in [0.717, 1.165) is 40.5 Å². The summed E-state index contributed by atoms with van der Waals surface area (Å²) in [5, 5.41) is 2.99. The molecule has 6 heteroatoms. The second-order valence-electron chi connectivity index (χ2n) is 7.60. The van der Waals surface area contributed by atoms with E-state index in [-0.39, 0.29) is 11.8 Å². The van der Waals surface area contributed by atoms with Crippen LogP contribution in [0.15, 0.2) is 42.6 Å². The molecule has 1 aliphatic heterocycles. The lowest BCUT2D eigenvalue weighted by molar-refractivity contribution is -0.121. The van der Waals surface area contributed by atoms with Crippen molar-refractivity contribution in [3.63, 3.8) is 0 Å². The van der Waals surface area contributed by atoms with Crippen LogP contribution in [0.2, 0.25) is 0 Å². The zero-order chi connectivity index (χ0) is 19.7. The summed E-state index contributed by atoms with van der Waals surface area (Å²) in [4.78, 5) is 19.3. The molecule has 1 unspecified atom stereocenters. The zero-order valence-corrected chi connectivity index (χ0v) is 16.6. The lowest BCUT2D eigenvalue weighted by Gasteiger charge is -2.20. The molecular formula is C22H26N4O2. The lowest BCUT2D eigenvalue weighted by Crippen LogP contribution is -2.22. The van der Waals surface area contributed by atoms with Gasteiger partial charge in [0.15, 0.2) is 0 Å². The van der Waals surface area contributed by atoms with Crippen molar-refractivity contribution in [3.8, 4) is 5.75 Å². The Kier molecular flexibility index (Phi) is 5.05. The molecule has 4 rings (SSSR count). The fourth-order valence-corrected chi connectivity index (χ4v) is 3.75. The van der Waals surface area contributed by atoms with Crippen LogP contribution in [0.4, 0.5) is 0 Å². The van der Waals surface area contributed by atoms with E-state index in [4.69, 9.17) is 9.72 Å². The van der Waals surface area contributed by atoms with Crippen LogP contribution >= 0.6 is 0 Å². The number of nitrogens with zero attached hydrogens (tertiary/aromatic N) is 3. The van der Waals surface area contributed by atoms with Gasteiger partial charge in [0.05, 0.1) is 17.9 Å². The van der Waals surface area contributed by atoms with Crippen molar-refractivity contribution >= 4 is 11.6 Å². The fourth-order valence-electron chi connectivity index (χ4n) is 3.75. The van der Waals surface area contributed by atoms with Gasteiger partial charge in [0, 0.05) is 30.6 Å². The van der Waals surface area contributed by atoms with Gasteiger partial charge in [-0.15, -0.1) is 0 Å². The van der Waals surface area contributed by atoms with E-state index in [1.165, 1.54) is 0 Å². The minimum Gasteiger partial charge on any atom is -0.492 e. The molecule has 1 atom stereocenters. The highest BCUT2D eigenvalue weighted by molar-refractivity contribution is 5.78. The van der Waals surface area contributed by atoms with Crippen LogP contribution in [0, 0.1) is 6.92 Å². The van der Waals surface area contributed by atoms with Gasteiger partial charge in [-0.3, -0.25) is 4.79 Å². The summed E-state index contributed by atoms with van der Waals surface area (Å²) < 4.78 is 8.23. The largest absolute Gasteiger partial charge is 0.492 e. The number of fused-ring (bicyclic) bond motifs is 3. The molecule has 1 aromatic carbocycles. The van der Waals surface area contributed by atoms with Crippen molar-refractivity contribution in [2.45, 2.75) is 25.8 Å². The molecule has 1 aliphatic rings. The first-order valence-electron chi connectivity index (χ1n) is 9.63. The predicted molar refractivity (Wildman–Crippen MR) is 109 cm³/mol. The number of aryl methyl sites for hydroxylation is 1.